The third-order valence-electron chi connectivity index (χ3n) is 5.57. The number of nitrogens with one attached hydrogen (secondary N) is 1. The number of fused-ring (bicyclic) bond motifs is 1. The van der Waals surface area contributed by atoms with Gasteiger partial charge in [-0.2, -0.15) is 22.0 Å². The van der Waals surface area contributed by atoms with Crippen molar-refractivity contribution in [1.82, 2.24) is 19.6 Å². The van der Waals surface area contributed by atoms with Crippen LogP contribution in [0.1, 0.15) is 38.7 Å². The van der Waals surface area contributed by atoms with E-state index in [0.717, 1.165) is 5.56 Å². The quantitative estimate of drug-likeness (QED) is 0.336. The van der Waals surface area contributed by atoms with Gasteiger partial charge in [0.25, 0.3) is 0 Å². The maximum Gasteiger partial charge on any atom is 0.389 e. The fraction of sp³-hybridized carbons (Fsp3) is 0.417. The molecular formula is C24H27F5N4O2. The summed E-state index contributed by atoms with van der Waals surface area (Å²) < 4.78 is 69.6. The summed E-state index contributed by atoms with van der Waals surface area (Å²) in [5, 5.41) is 2.69. The van der Waals surface area contributed by atoms with E-state index in [9.17, 15) is 26.7 Å². The Morgan fingerprint density at radius 2 is 1.97 bits per heavy atom. The molecule has 2 amide bonds. The van der Waals surface area contributed by atoms with Crippen LogP contribution in [0.4, 0.5) is 26.7 Å². The number of aromatic nitrogens is 2. The second-order valence-electron chi connectivity index (χ2n) is 8.05. The lowest BCUT2D eigenvalue weighted by molar-refractivity contribution is -0.136. The molecule has 1 atom stereocenters. The summed E-state index contributed by atoms with van der Waals surface area (Å²) in [4.78, 5) is 18.3. The molecule has 2 aromatic heterocycles. The first-order valence-electron chi connectivity index (χ1n) is 11.2. The number of ether oxygens (including phenoxy) is 1. The highest BCUT2D eigenvalue weighted by Gasteiger charge is 2.28. The van der Waals surface area contributed by atoms with Gasteiger partial charge in [0.2, 0.25) is 0 Å². The first-order chi connectivity index (χ1) is 16.6. The predicted molar refractivity (Wildman–Crippen MR) is 121 cm³/mol. The van der Waals surface area contributed by atoms with Gasteiger partial charge in [-0.1, -0.05) is 25.1 Å². The van der Waals surface area contributed by atoms with Crippen LogP contribution in [-0.4, -0.2) is 45.7 Å². The molecule has 0 aliphatic rings. The molecule has 35 heavy (non-hydrogen) atoms. The molecule has 3 rings (SSSR count). The standard InChI is InChI=1S/C24H27F5N4O2/c1-3-19(8-9-24(27,28)29)31-23(34)32(4-2)14-16-6-5-7-17(12-16)18-13-20(35-22(25)26)21-30-10-11-33(21)15-18/h5-7,10-13,15,19,22H,3-4,8-9,14H2,1-2H3,(H,31,34). The largest absolute Gasteiger partial charge is 0.431 e. The number of alkyl halides is 5. The van der Waals surface area contributed by atoms with E-state index in [-0.39, 0.29) is 24.4 Å². The molecular weight excluding hydrogens is 471 g/mol. The second kappa shape index (κ2) is 11.4. The van der Waals surface area contributed by atoms with E-state index in [4.69, 9.17) is 0 Å². The Morgan fingerprint density at radius 1 is 1.20 bits per heavy atom. The van der Waals surface area contributed by atoms with E-state index >= 15 is 0 Å². The number of hydrogen-bond acceptors (Lipinski definition) is 3. The van der Waals surface area contributed by atoms with Crippen LogP contribution in [0.15, 0.2) is 48.9 Å². The molecule has 2 heterocycles. The van der Waals surface area contributed by atoms with Crippen molar-refractivity contribution in [3.05, 3.63) is 54.5 Å². The van der Waals surface area contributed by atoms with Crippen molar-refractivity contribution in [2.24, 2.45) is 0 Å². The topological polar surface area (TPSA) is 58.9 Å². The Labute approximate surface area is 199 Å². The molecule has 0 fully saturated rings. The Balaban J connectivity index is 1.76. The van der Waals surface area contributed by atoms with Gasteiger partial charge in [-0.15, -0.1) is 0 Å². The maximum atomic E-state index is 12.9. The summed E-state index contributed by atoms with van der Waals surface area (Å²) in [5.41, 5.74) is 2.35. The lowest BCUT2D eigenvalue weighted by Gasteiger charge is -2.25. The zero-order valence-corrected chi connectivity index (χ0v) is 19.4. The van der Waals surface area contributed by atoms with Crippen LogP contribution in [0, 0.1) is 0 Å². The van der Waals surface area contributed by atoms with Crippen molar-refractivity contribution in [3.8, 4) is 16.9 Å². The van der Waals surface area contributed by atoms with Gasteiger partial charge >= 0.3 is 18.8 Å². The van der Waals surface area contributed by atoms with Gasteiger partial charge in [-0.25, -0.2) is 9.78 Å². The van der Waals surface area contributed by atoms with Crippen molar-refractivity contribution in [2.45, 2.75) is 58.5 Å². The van der Waals surface area contributed by atoms with E-state index in [2.05, 4.69) is 15.0 Å². The zero-order chi connectivity index (χ0) is 25.6. The Hall–Kier alpha value is -3.37. The fourth-order valence-electron chi connectivity index (χ4n) is 3.72. The summed E-state index contributed by atoms with van der Waals surface area (Å²) in [7, 11) is 0. The van der Waals surface area contributed by atoms with Gasteiger partial charge in [0.15, 0.2) is 11.4 Å². The molecule has 0 saturated heterocycles. The molecule has 1 aromatic carbocycles. The monoisotopic (exact) mass is 498 g/mol. The van der Waals surface area contributed by atoms with Crippen molar-refractivity contribution in [2.75, 3.05) is 6.54 Å². The van der Waals surface area contributed by atoms with Gasteiger partial charge in [0, 0.05) is 49.7 Å². The van der Waals surface area contributed by atoms with Crippen molar-refractivity contribution >= 4 is 11.7 Å². The Bertz CT molecular complexity index is 1130. The Morgan fingerprint density at radius 3 is 2.63 bits per heavy atom. The first kappa shape index (κ1) is 26.2. The number of urea groups is 1. The van der Waals surface area contributed by atoms with Crippen LogP contribution in [0.5, 0.6) is 5.75 Å². The average molecular weight is 498 g/mol. The Kier molecular flexibility index (Phi) is 8.52. The highest BCUT2D eigenvalue weighted by atomic mass is 19.4. The summed E-state index contributed by atoms with van der Waals surface area (Å²) in [5.74, 6) is -0.0630. The zero-order valence-electron chi connectivity index (χ0n) is 19.4. The third-order valence-corrected chi connectivity index (χ3v) is 5.57. The fourth-order valence-corrected chi connectivity index (χ4v) is 3.72. The normalized spacial score (nSPS) is 12.7. The van der Waals surface area contributed by atoms with Crippen LogP contribution in [-0.2, 0) is 6.54 Å². The number of halogens is 5. The van der Waals surface area contributed by atoms with Crippen LogP contribution >= 0.6 is 0 Å². The number of imidazole rings is 1. The molecule has 0 radical (unpaired) electrons. The number of hydrogen-bond donors (Lipinski definition) is 1. The van der Waals surface area contributed by atoms with E-state index in [1.54, 1.807) is 42.8 Å². The molecule has 0 aliphatic carbocycles. The van der Waals surface area contributed by atoms with Crippen LogP contribution in [0.2, 0.25) is 0 Å². The predicted octanol–water partition coefficient (Wildman–Crippen LogP) is 6.26. The van der Waals surface area contributed by atoms with Crippen LogP contribution in [0.3, 0.4) is 0 Å². The van der Waals surface area contributed by atoms with Gasteiger partial charge in [-0.3, -0.25) is 0 Å². The summed E-state index contributed by atoms with van der Waals surface area (Å²) in [6.45, 7) is 1.07. The number of pyridine rings is 1. The summed E-state index contributed by atoms with van der Waals surface area (Å²) in [6, 6.07) is 7.66. The minimum absolute atomic E-state index is 0.0630. The summed E-state index contributed by atoms with van der Waals surface area (Å²) >= 11 is 0. The molecule has 3 aromatic rings. The minimum Gasteiger partial charge on any atom is -0.431 e. The molecule has 1 unspecified atom stereocenters. The lowest BCUT2D eigenvalue weighted by atomic mass is 10.0. The van der Waals surface area contributed by atoms with Crippen LogP contribution in [0.25, 0.3) is 16.8 Å². The third kappa shape index (κ3) is 7.30. The van der Waals surface area contributed by atoms with Crippen molar-refractivity contribution in [3.63, 3.8) is 0 Å². The number of amides is 2. The smallest absolute Gasteiger partial charge is 0.389 e. The second-order valence-corrected chi connectivity index (χ2v) is 8.05. The van der Waals surface area contributed by atoms with E-state index < -0.39 is 31.3 Å². The SMILES string of the molecule is CCC(CCC(F)(F)F)NC(=O)N(CC)Cc1cccc(-c2cc(OC(F)F)c3nccn3c2)c1. The van der Waals surface area contributed by atoms with Crippen molar-refractivity contribution in [1.29, 1.82) is 0 Å². The molecule has 0 bridgehead atoms. The van der Waals surface area contributed by atoms with E-state index in [1.165, 1.54) is 17.2 Å². The number of rotatable bonds is 10. The van der Waals surface area contributed by atoms with Gasteiger partial charge in [0.1, 0.15) is 0 Å². The average Bonchev–Trinajstić information content (AvgIpc) is 3.28. The molecule has 190 valence electrons. The summed E-state index contributed by atoms with van der Waals surface area (Å²) in [6.07, 6.45) is -0.206. The van der Waals surface area contributed by atoms with E-state index in [0.29, 0.717) is 24.1 Å². The highest BCUT2D eigenvalue weighted by Crippen LogP contribution is 2.29. The van der Waals surface area contributed by atoms with E-state index in [1.807, 2.05) is 12.1 Å². The molecule has 0 saturated carbocycles. The van der Waals surface area contributed by atoms with Gasteiger partial charge in [-0.05, 0) is 43.0 Å². The number of benzene rings is 1. The lowest BCUT2D eigenvalue weighted by Crippen LogP contribution is -2.44. The maximum absolute atomic E-state index is 12.9. The van der Waals surface area contributed by atoms with Crippen LogP contribution < -0.4 is 10.1 Å². The number of carbonyl (C=O) groups is 1. The minimum atomic E-state index is -4.27. The molecule has 0 aliphatic heterocycles. The highest BCUT2D eigenvalue weighted by molar-refractivity contribution is 5.75. The molecule has 11 heteroatoms. The van der Waals surface area contributed by atoms with Gasteiger partial charge in [0.05, 0.1) is 0 Å². The molecule has 6 nitrogen and oxygen atoms in total. The number of carbonyl (C=O) groups excluding carboxylic acids is 1. The number of nitrogens with zero attached hydrogens (tertiary/aromatic N) is 3. The molecule has 1 N–H and O–H groups in total. The first-order valence-corrected chi connectivity index (χ1v) is 11.2. The van der Waals surface area contributed by atoms with Crippen molar-refractivity contribution < 1.29 is 31.5 Å². The molecule has 0 spiro atoms. The van der Waals surface area contributed by atoms with Gasteiger partial charge < -0.3 is 19.4 Å².